The Morgan fingerprint density at radius 1 is 1.27 bits per heavy atom. The molecule has 0 unspecified atom stereocenters. The number of hydrogen-bond donors (Lipinski definition) is 1. The van der Waals surface area contributed by atoms with Gasteiger partial charge in [0.1, 0.15) is 0 Å². The van der Waals surface area contributed by atoms with E-state index in [0.29, 0.717) is 0 Å². The standard InChI is InChI=1S/C11H12O4/c1-11(10(12)13)14-6-8-4-2-3-5-9(8)7-15-11/h2-5H,6-7H2,1H3,(H,12,13). The molecule has 0 fully saturated rings. The number of rotatable bonds is 1. The van der Waals surface area contributed by atoms with Crippen molar-refractivity contribution >= 4 is 5.97 Å². The topological polar surface area (TPSA) is 55.8 Å². The van der Waals surface area contributed by atoms with E-state index >= 15 is 0 Å². The molecule has 0 aliphatic carbocycles. The zero-order valence-corrected chi connectivity index (χ0v) is 8.40. The van der Waals surface area contributed by atoms with Crippen LogP contribution in [0.25, 0.3) is 0 Å². The third-order valence-corrected chi connectivity index (χ3v) is 2.51. The van der Waals surface area contributed by atoms with Crippen molar-refractivity contribution in [2.75, 3.05) is 0 Å². The van der Waals surface area contributed by atoms with Gasteiger partial charge in [0, 0.05) is 6.92 Å². The van der Waals surface area contributed by atoms with Gasteiger partial charge in [0.2, 0.25) is 0 Å². The summed E-state index contributed by atoms with van der Waals surface area (Å²) in [6.45, 7) is 1.94. The van der Waals surface area contributed by atoms with Gasteiger partial charge < -0.3 is 14.6 Å². The summed E-state index contributed by atoms with van der Waals surface area (Å²) in [6.07, 6.45) is 0. The van der Waals surface area contributed by atoms with E-state index in [1.54, 1.807) is 0 Å². The molecule has 80 valence electrons. The Kier molecular flexibility index (Phi) is 2.46. The molecule has 0 aromatic heterocycles. The largest absolute Gasteiger partial charge is 0.477 e. The number of carboxylic acids is 1. The highest BCUT2D eigenvalue weighted by Crippen LogP contribution is 2.24. The van der Waals surface area contributed by atoms with Gasteiger partial charge in [-0.3, -0.25) is 0 Å². The Labute approximate surface area is 87.4 Å². The highest BCUT2D eigenvalue weighted by molar-refractivity contribution is 5.75. The Morgan fingerprint density at radius 2 is 1.73 bits per heavy atom. The van der Waals surface area contributed by atoms with E-state index in [2.05, 4.69) is 0 Å². The Bertz CT molecular complexity index is 359. The maximum Gasteiger partial charge on any atom is 0.364 e. The maximum absolute atomic E-state index is 10.9. The zero-order valence-electron chi connectivity index (χ0n) is 8.40. The molecular weight excluding hydrogens is 196 g/mol. The Hall–Kier alpha value is -1.39. The van der Waals surface area contributed by atoms with Crippen LogP contribution in [0.1, 0.15) is 18.1 Å². The Morgan fingerprint density at radius 3 is 2.13 bits per heavy atom. The van der Waals surface area contributed by atoms with E-state index in [-0.39, 0.29) is 13.2 Å². The van der Waals surface area contributed by atoms with Gasteiger partial charge in [-0.25, -0.2) is 4.79 Å². The minimum absolute atomic E-state index is 0.263. The van der Waals surface area contributed by atoms with Gasteiger partial charge in [0.05, 0.1) is 13.2 Å². The Balaban J connectivity index is 2.26. The molecule has 0 bridgehead atoms. The fourth-order valence-electron chi connectivity index (χ4n) is 1.44. The average Bonchev–Trinajstić information content (AvgIpc) is 2.40. The van der Waals surface area contributed by atoms with Crippen LogP contribution in [0.15, 0.2) is 24.3 Å². The van der Waals surface area contributed by atoms with Gasteiger partial charge in [-0.1, -0.05) is 24.3 Å². The molecule has 1 aliphatic rings. The van der Waals surface area contributed by atoms with E-state index in [9.17, 15) is 4.79 Å². The first-order valence-electron chi connectivity index (χ1n) is 4.70. The van der Waals surface area contributed by atoms with Crippen molar-refractivity contribution in [2.24, 2.45) is 0 Å². The van der Waals surface area contributed by atoms with Crippen LogP contribution < -0.4 is 0 Å². The van der Waals surface area contributed by atoms with E-state index < -0.39 is 11.8 Å². The third kappa shape index (κ3) is 1.86. The van der Waals surface area contributed by atoms with Gasteiger partial charge in [-0.15, -0.1) is 0 Å². The molecule has 4 nitrogen and oxygen atoms in total. The van der Waals surface area contributed by atoms with Crippen LogP contribution in [0.5, 0.6) is 0 Å². The zero-order chi connectivity index (χ0) is 10.9. The summed E-state index contributed by atoms with van der Waals surface area (Å²) in [5.41, 5.74) is 1.95. The number of ether oxygens (including phenoxy) is 2. The normalized spacial score (nSPS) is 19.0. The first-order chi connectivity index (χ1) is 7.12. The predicted octanol–water partition coefficient (Wildman–Crippen LogP) is 1.53. The molecule has 4 heteroatoms. The number of carboxylic acid groups (broad SMARTS) is 1. The van der Waals surface area contributed by atoms with Crippen molar-refractivity contribution < 1.29 is 19.4 Å². The van der Waals surface area contributed by atoms with E-state index in [0.717, 1.165) is 11.1 Å². The second-order valence-electron chi connectivity index (χ2n) is 3.60. The van der Waals surface area contributed by atoms with Crippen LogP contribution in [0, 0.1) is 0 Å². The first kappa shape index (κ1) is 10.1. The molecule has 0 saturated heterocycles. The van der Waals surface area contributed by atoms with Crippen LogP contribution in [-0.4, -0.2) is 16.9 Å². The number of aliphatic carboxylic acids is 1. The number of fused-ring (bicyclic) bond motifs is 1. The molecule has 1 aliphatic heterocycles. The van der Waals surface area contributed by atoms with Crippen molar-refractivity contribution in [3.8, 4) is 0 Å². The molecule has 0 saturated carbocycles. The van der Waals surface area contributed by atoms with Gasteiger partial charge >= 0.3 is 5.97 Å². The second kappa shape index (κ2) is 3.64. The monoisotopic (exact) mass is 208 g/mol. The lowest BCUT2D eigenvalue weighted by molar-refractivity contribution is -0.240. The van der Waals surface area contributed by atoms with Crippen molar-refractivity contribution in [3.05, 3.63) is 35.4 Å². The first-order valence-corrected chi connectivity index (χ1v) is 4.70. The summed E-state index contributed by atoms with van der Waals surface area (Å²) < 4.78 is 10.5. The fourth-order valence-corrected chi connectivity index (χ4v) is 1.44. The maximum atomic E-state index is 10.9. The molecule has 0 spiro atoms. The van der Waals surface area contributed by atoms with Crippen molar-refractivity contribution in [2.45, 2.75) is 25.9 Å². The van der Waals surface area contributed by atoms with Gasteiger partial charge in [0.15, 0.2) is 0 Å². The summed E-state index contributed by atoms with van der Waals surface area (Å²) in [5, 5.41) is 8.95. The molecule has 1 aromatic carbocycles. The van der Waals surface area contributed by atoms with Crippen LogP contribution in [0.2, 0.25) is 0 Å². The molecule has 1 aromatic rings. The molecule has 1 N–H and O–H groups in total. The number of carbonyl (C=O) groups is 1. The van der Waals surface area contributed by atoms with E-state index in [4.69, 9.17) is 14.6 Å². The number of hydrogen-bond acceptors (Lipinski definition) is 3. The van der Waals surface area contributed by atoms with E-state index in [1.807, 2.05) is 24.3 Å². The van der Waals surface area contributed by atoms with Crippen molar-refractivity contribution in [1.29, 1.82) is 0 Å². The average molecular weight is 208 g/mol. The molecule has 0 amide bonds. The molecule has 1 heterocycles. The summed E-state index contributed by atoms with van der Waals surface area (Å²) in [6, 6.07) is 7.61. The minimum Gasteiger partial charge on any atom is -0.477 e. The quantitative estimate of drug-likeness (QED) is 0.760. The van der Waals surface area contributed by atoms with Gasteiger partial charge in [-0.2, -0.15) is 0 Å². The van der Waals surface area contributed by atoms with Gasteiger partial charge in [0.25, 0.3) is 5.79 Å². The lowest BCUT2D eigenvalue weighted by Crippen LogP contribution is -2.39. The van der Waals surface area contributed by atoms with Crippen molar-refractivity contribution in [3.63, 3.8) is 0 Å². The highest BCUT2D eigenvalue weighted by Gasteiger charge is 2.37. The molecule has 2 rings (SSSR count). The smallest absolute Gasteiger partial charge is 0.364 e. The third-order valence-electron chi connectivity index (χ3n) is 2.51. The second-order valence-corrected chi connectivity index (χ2v) is 3.60. The highest BCUT2D eigenvalue weighted by atomic mass is 16.7. The predicted molar refractivity (Wildman–Crippen MR) is 52.1 cm³/mol. The summed E-state index contributed by atoms with van der Waals surface area (Å²) in [4.78, 5) is 10.9. The summed E-state index contributed by atoms with van der Waals surface area (Å²) in [7, 11) is 0. The summed E-state index contributed by atoms with van der Waals surface area (Å²) in [5.74, 6) is -2.64. The van der Waals surface area contributed by atoms with Gasteiger partial charge in [-0.05, 0) is 11.1 Å². The number of benzene rings is 1. The van der Waals surface area contributed by atoms with Crippen LogP contribution in [0.4, 0.5) is 0 Å². The van der Waals surface area contributed by atoms with E-state index in [1.165, 1.54) is 6.92 Å². The molecule has 0 radical (unpaired) electrons. The summed E-state index contributed by atoms with van der Waals surface area (Å²) >= 11 is 0. The lowest BCUT2D eigenvalue weighted by Gasteiger charge is -2.22. The van der Waals surface area contributed by atoms with Crippen molar-refractivity contribution in [1.82, 2.24) is 0 Å². The minimum atomic E-state index is -1.54. The van der Waals surface area contributed by atoms with Crippen LogP contribution in [0.3, 0.4) is 0 Å². The van der Waals surface area contributed by atoms with Crippen LogP contribution >= 0.6 is 0 Å². The lowest BCUT2D eigenvalue weighted by atomic mass is 10.1. The molecule has 0 atom stereocenters. The molecule has 15 heavy (non-hydrogen) atoms. The SMILES string of the molecule is CC1(C(=O)O)OCc2ccccc2CO1. The molecular formula is C11H12O4. The van der Waals surface area contributed by atoms with Crippen LogP contribution in [-0.2, 0) is 27.5 Å². The fraction of sp³-hybridized carbons (Fsp3) is 0.364.